The maximum Gasteiger partial charge on any atom is 1.00 e. The predicted octanol–water partition coefficient (Wildman–Crippen LogP) is 1.67. The molecule has 0 amide bonds. The molecule has 0 spiro atoms. The average Bonchev–Trinajstić information content (AvgIpc) is 3.17. The van der Waals surface area contributed by atoms with Gasteiger partial charge in [-0.05, 0) is 56.2 Å². The minimum Gasteiger partial charge on any atom is -0.545 e. The van der Waals surface area contributed by atoms with E-state index >= 15 is 0 Å². The number of hydrogen-bond acceptors (Lipinski definition) is 5. The van der Waals surface area contributed by atoms with Crippen LogP contribution in [0.2, 0.25) is 0 Å². The Labute approximate surface area is 219 Å². The molecule has 0 aliphatic rings. The SMILES string of the molecule is Cc1ccc(O[C@@H](C)c2ccccc2)c2c(C(=O)[O-])cc(-c3nc4ccccn4c3C)nc12.[Na+]. The zero-order valence-electron chi connectivity index (χ0n) is 19.6. The van der Waals surface area contributed by atoms with Crippen molar-refractivity contribution >= 4 is 22.5 Å². The molecule has 5 rings (SSSR count). The monoisotopic (exact) mass is 459 g/mol. The molecule has 0 aliphatic heterocycles. The molecule has 0 saturated carbocycles. The second kappa shape index (κ2) is 9.58. The van der Waals surface area contributed by atoms with E-state index < -0.39 is 5.97 Å². The minimum absolute atomic E-state index is 0. The van der Waals surface area contributed by atoms with Crippen LogP contribution in [0.15, 0.2) is 72.9 Å². The van der Waals surface area contributed by atoms with Gasteiger partial charge in [0.1, 0.15) is 23.2 Å². The number of imidazole rings is 1. The van der Waals surface area contributed by atoms with Crippen molar-refractivity contribution in [2.45, 2.75) is 26.9 Å². The summed E-state index contributed by atoms with van der Waals surface area (Å²) in [5.74, 6) is -0.829. The molecule has 34 heavy (non-hydrogen) atoms. The van der Waals surface area contributed by atoms with Gasteiger partial charge in [0, 0.05) is 17.5 Å². The molecule has 5 aromatic rings. The smallest absolute Gasteiger partial charge is 0.545 e. The normalized spacial score (nSPS) is 11.9. The van der Waals surface area contributed by atoms with E-state index in [2.05, 4.69) is 4.98 Å². The Morgan fingerprint density at radius 2 is 1.74 bits per heavy atom. The van der Waals surface area contributed by atoms with Crippen molar-refractivity contribution in [3.8, 4) is 17.1 Å². The van der Waals surface area contributed by atoms with Crippen LogP contribution in [0, 0.1) is 13.8 Å². The second-order valence-corrected chi connectivity index (χ2v) is 8.09. The third kappa shape index (κ3) is 4.20. The van der Waals surface area contributed by atoms with Gasteiger partial charge in [0.15, 0.2) is 0 Å². The summed E-state index contributed by atoms with van der Waals surface area (Å²) in [4.78, 5) is 21.8. The Morgan fingerprint density at radius 1 is 1.00 bits per heavy atom. The van der Waals surface area contributed by atoms with Crippen LogP contribution in [-0.2, 0) is 0 Å². The molecule has 0 aliphatic carbocycles. The molecule has 2 aromatic carbocycles. The van der Waals surface area contributed by atoms with Crippen LogP contribution in [-0.4, -0.2) is 20.3 Å². The van der Waals surface area contributed by atoms with Gasteiger partial charge in [-0.15, -0.1) is 0 Å². The molecular weight excluding hydrogens is 437 g/mol. The van der Waals surface area contributed by atoms with Crippen molar-refractivity contribution in [2.75, 3.05) is 0 Å². The van der Waals surface area contributed by atoms with E-state index in [0.717, 1.165) is 22.5 Å². The van der Waals surface area contributed by atoms with Crippen molar-refractivity contribution in [1.82, 2.24) is 14.4 Å². The number of carbonyl (C=O) groups is 1. The summed E-state index contributed by atoms with van der Waals surface area (Å²) in [6.07, 6.45) is 1.65. The van der Waals surface area contributed by atoms with Gasteiger partial charge in [0.05, 0.1) is 22.6 Å². The summed E-state index contributed by atoms with van der Waals surface area (Å²) in [7, 11) is 0. The molecule has 164 valence electrons. The first-order valence-electron chi connectivity index (χ1n) is 10.8. The molecule has 0 N–H and O–H groups in total. The molecule has 6 nitrogen and oxygen atoms in total. The van der Waals surface area contributed by atoms with Crippen LogP contribution in [0.4, 0.5) is 0 Å². The van der Waals surface area contributed by atoms with Gasteiger partial charge in [0.2, 0.25) is 0 Å². The zero-order valence-corrected chi connectivity index (χ0v) is 21.6. The topological polar surface area (TPSA) is 79.5 Å². The Morgan fingerprint density at radius 3 is 2.44 bits per heavy atom. The number of aryl methyl sites for hydroxylation is 2. The summed E-state index contributed by atoms with van der Waals surface area (Å²) in [6.45, 7) is 5.77. The van der Waals surface area contributed by atoms with E-state index in [9.17, 15) is 9.90 Å². The van der Waals surface area contributed by atoms with Gasteiger partial charge >= 0.3 is 29.6 Å². The molecule has 0 unspecified atom stereocenters. The van der Waals surface area contributed by atoms with Gasteiger partial charge < -0.3 is 19.0 Å². The second-order valence-electron chi connectivity index (χ2n) is 8.09. The number of carbonyl (C=O) groups excluding carboxylic acids is 1. The fourth-order valence-electron chi connectivity index (χ4n) is 4.17. The summed E-state index contributed by atoms with van der Waals surface area (Å²) < 4.78 is 8.18. The predicted molar refractivity (Wildman–Crippen MR) is 125 cm³/mol. The molecule has 3 aromatic heterocycles. The van der Waals surface area contributed by atoms with E-state index in [1.807, 2.05) is 86.0 Å². The molecule has 0 radical (unpaired) electrons. The fraction of sp³-hybridized carbons (Fsp3) is 0.148. The summed E-state index contributed by atoms with van der Waals surface area (Å²) in [5.41, 5.74) is 5.19. The molecule has 1 atom stereocenters. The maximum atomic E-state index is 12.3. The number of fused-ring (bicyclic) bond motifs is 2. The van der Waals surface area contributed by atoms with Gasteiger partial charge in [-0.25, -0.2) is 9.97 Å². The standard InChI is InChI=1S/C27H23N3O3.Na/c1-16-12-13-22(33-18(3)19-9-5-4-6-10-19)24-20(27(31)32)15-21(28-25(16)24)26-17(2)30-14-8-7-11-23(30)29-26;/h4-15,18H,1-3H3,(H,31,32);/q;+1/p-1/t18-;/m0./s1. The van der Waals surface area contributed by atoms with Crippen molar-refractivity contribution in [3.63, 3.8) is 0 Å². The average molecular weight is 459 g/mol. The number of carboxylic acid groups (broad SMARTS) is 1. The fourth-order valence-corrected chi connectivity index (χ4v) is 4.17. The first kappa shape index (κ1) is 24.0. The number of aromatic carboxylic acids is 1. The van der Waals surface area contributed by atoms with Crippen LogP contribution < -0.4 is 39.4 Å². The number of pyridine rings is 2. The molecule has 7 heteroatoms. The summed E-state index contributed by atoms with van der Waals surface area (Å²) in [5, 5.41) is 12.7. The Hall–Kier alpha value is -3.19. The van der Waals surface area contributed by atoms with E-state index in [1.165, 1.54) is 6.07 Å². The summed E-state index contributed by atoms with van der Waals surface area (Å²) >= 11 is 0. The quantitative estimate of drug-likeness (QED) is 0.374. The van der Waals surface area contributed by atoms with E-state index in [0.29, 0.717) is 28.0 Å². The van der Waals surface area contributed by atoms with E-state index in [1.54, 1.807) is 6.07 Å². The third-order valence-corrected chi connectivity index (χ3v) is 5.93. The van der Waals surface area contributed by atoms with Gasteiger partial charge in [-0.2, -0.15) is 0 Å². The van der Waals surface area contributed by atoms with E-state index in [-0.39, 0.29) is 41.2 Å². The van der Waals surface area contributed by atoms with Crippen molar-refractivity contribution in [3.05, 3.63) is 95.3 Å². The maximum absolute atomic E-state index is 12.3. The third-order valence-electron chi connectivity index (χ3n) is 5.93. The van der Waals surface area contributed by atoms with Crippen LogP contribution in [0.3, 0.4) is 0 Å². The Balaban J connectivity index is 0.00000274. The number of aromatic nitrogens is 3. The number of carboxylic acids is 1. The largest absolute Gasteiger partial charge is 1.00 e. The van der Waals surface area contributed by atoms with Gasteiger partial charge in [-0.3, -0.25) is 0 Å². The number of benzene rings is 2. The minimum atomic E-state index is -1.28. The molecule has 0 bridgehead atoms. The number of hydrogen-bond donors (Lipinski definition) is 0. The van der Waals surface area contributed by atoms with Crippen LogP contribution in [0.5, 0.6) is 5.75 Å². The first-order chi connectivity index (χ1) is 15.9. The summed E-state index contributed by atoms with van der Waals surface area (Å²) in [6, 6.07) is 20.7. The van der Waals surface area contributed by atoms with Crippen molar-refractivity contribution in [2.24, 2.45) is 0 Å². The zero-order chi connectivity index (χ0) is 23.1. The number of nitrogens with zero attached hydrogens (tertiary/aromatic N) is 3. The van der Waals surface area contributed by atoms with Crippen LogP contribution >= 0.6 is 0 Å². The Bertz CT molecular complexity index is 1510. The molecule has 3 heterocycles. The van der Waals surface area contributed by atoms with Crippen molar-refractivity contribution in [1.29, 1.82) is 0 Å². The molecular formula is C27H22N3NaO3. The number of ether oxygens (including phenoxy) is 1. The van der Waals surface area contributed by atoms with Crippen molar-refractivity contribution < 1.29 is 44.2 Å². The van der Waals surface area contributed by atoms with E-state index in [4.69, 9.17) is 9.72 Å². The molecule has 0 saturated heterocycles. The first-order valence-corrected chi connectivity index (χ1v) is 10.8. The van der Waals surface area contributed by atoms with Crippen LogP contribution in [0.25, 0.3) is 27.9 Å². The van der Waals surface area contributed by atoms with Crippen LogP contribution in [0.1, 0.15) is 40.2 Å². The number of rotatable bonds is 5. The Kier molecular flexibility index (Phi) is 6.75. The molecule has 0 fully saturated rings. The van der Waals surface area contributed by atoms with Gasteiger partial charge in [-0.1, -0.05) is 42.5 Å². The van der Waals surface area contributed by atoms with Gasteiger partial charge in [0.25, 0.3) is 0 Å².